The third kappa shape index (κ3) is 8.13. The van der Waals surface area contributed by atoms with Crippen molar-refractivity contribution in [2.45, 2.75) is 67.0 Å². The summed E-state index contributed by atoms with van der Waals surface area (Å²) in [6.07, 6.45) is -0.105. The van der Waals surface area contributed by atoms with Crippen LogP contribution in [0.15, 0.2) is 54.6 Å². The number of carboxylic acid groups (broad SMARTS) is 1. The van der Waals surface area contributed by atoms with Gasteiger partial charge >= 0.3 is 5.97 Å². The summed E-state index contributed by atoms with van der Waals surface area (Å²) >= 11 is 6.70. The molecule has 1 unspecified atom stereocenters. The Hall–Kier alpha value is -3.26. The van der Waals surface area contributed by atoms with Crippen molar-refractivity contribution in [3.05, 3.63) is 87.4 Å². The van der Waals surface area contributed by atoms with Crippen LogP contribution in [0.1, 0.15) is 74.8 Å². The maximum Gasteiger partial charge on any atom is 0.304 e. The molecule has 1 atom stereocenters. The van der Waals surface area contributed by atoms with Crippen molar-refractivity contribution < 1.29 is 14.6 Å². The monoisotopic (exact) mass is 568 g/mol. The molecule has 3 aromatic rings. The minimum atomic E-state index is -0.906. The third-order valence-corrected chi connectivity index (χ3v) is 7.21. The second kappa shape index (κ2) is 16.1. The SMILES string of the molecule is CC.CC.CCN(N)c1ccc(C(CC(=O)O)c2ccc(C)c(CN3CCOc4ccccc4C3)c2)c(Cl)c1N. The Morgan fingerprint density at radius 1 is 1.12 bits per heavy atom. The van der Waals surface area contributed by atoms with Crippen molar-refractivity contribution >= 4 is 28.9 Å². The molecule has 4 rings (SSSR count). The molecule has 0 spiro atoms. The number of halogens is 1. The molecule has 0 bridgehead atoms. The van der Waals surface area contributed by atoms with Gasteiger partial charge in [-0.15, -0.1) is 0 Å². The summed E-state index contributed by atoms with van der Waals surface area (Å²) in [6, 6.07) is 17.9. The van der Waals surface area contributed by atoms with Crippen LogP contribution in [0.3, 0.4) is 0 Å². The highest BCUT2D eigenvalue weighted by molar-refractivity contribution is 6.34. The zero-order valence-electron chi connectivity index (χ0n) is 24.7. The van der Waals surface area contributed by atoms with Crippen LogP contribution in [0.25, 0.3) is 0 Å². The summed E-state index contributed by atoms with van der Waals surface area (Å²) in [6.45, 7) is 15.5. The number of nitrogen functional groups attached to an aromatic ring is 1. The molecule has 7 nitrogen and oxygen atoms in total. The number of hydrazine groups is 1. The first-order valence-corrected chi connectivity index (χ1v) is 14.5. The number of anilines is 2. The molecule has 8 heteroatoms. The summed E-state index contributed by atoms with van der Waals surface area (Å²) in [5, 5.41) is 11.6. The van der Waals surface area contributed by atoms with Crippen molar-refractivity contribution in [3.63, 3.8) is 0 Å². The first-order chi connectivity index (χ1) is 19.3. The molecule has 0 saturated carbocycles. The van der Waals surface area contributed by atoms with Gasteiger partial charge in [-0.05, 0) is 48.2 Å². The van der Waals surface area contributed by atoms with Gasteiger partial charge in [-0.1, -0.05) is 81.8 Å². The Morgan fingerprint density at radius 3 is 2.50 bits per heavy atom. The van der Waals surface area contributed by atoms with Gasteiger partial charge in [0.25, 0.3) is 0 Å². The van der Waals surface area contributed by atoms with E-state index < -0.39 is 11.9 Å². The Bertz CT molecular complexity index is 1250. The molecule has 5 N–H and O–H groups in total. The number of nitrogens with two attached hydrogens (primary N) is 2. The van der Waals surface area contributed by atoms with Crippen molar-refractivity contribution in [1.29, 1.82) is 0 Å². The van der Waals surface area contributed by atoms with E-state index in [4.69, 9.17) is 27.9 Å². The number of nitrogens with zero attached hydrogens (tertiary/aromatic N) is 2. The normalized spacial score (nSPS) is 13.3. The second-order valence-electron chi connectivity index (χ2n) is 9.19. The van der Waals surface area contributed by atoms with Gasteiger partial charge in [0, 0.05) is 37.7 Å². The molecule has 0 aromatic heterocycles. The fraction of sp³-hybridized carbons (Fsp3) is 0.406. The highest BCUT2D eigenvalue weighted by Crippen LogP contribution is 2.40. The quantitative estimate of drug-likeness (QED) is 0.153. The molecule has 3 aromatic carbocycles. The number of carboxylic acids is 1. The van der Waals surface area contributed by atoms with Gasteiger partial charge in [0.05, 0.1) is 22.8 Å². The first-order valence-electron chi connectivity index (χ1n) is 14.1. The van der Waals surface area contributed by atoms with Crippen LogP contribution in [0.4, 0.5) is 11.4 Å². The average Bonchev–Trinajstić information content (AvgIpc) is 3.18. The molecule has 0 amide bonds. The van der Waals surface area contributed by atoms with E-state index in [-0.39, 0.29) is 6.42 Å². The van der Waals surface area contributed by atoms with Crippen LogP contribution in [0.2, 0.25) is 5.02 Å². The van der Waals surface area contributed by atoms with E-state index in [0.29, 0.717) is 35.1 Å². The van der Waals surface area contributed by atoms with Crippen molar-refractivity contribution in [2.24, 2.45) is 5.84 Å². The summed E-state index contributed by atoms with van der Waals surface area (Å²) in [7, 11) is 0. The molecule has 1 heterocycles. The van der Waals surface area contributed by atoms with Crippen LogP contribution in [-0.4, -0.2) is 35.7 Å². The number of rotatable bonds is 8. The second-order valence-corrected chi connectivity index (χ2v) is 9.57. The molecular formula is C32H45ClN4O3. The van der Waals surface area contributed by atoms with Crippen LogP contribution in [0.5, 0.6) is 5.75 Å². The van der Waals surface area contributed by atoms with Crippen molar-refractivity contribution in [2.75, 3.05) is 30.4 Å². The fourth-order valence-corrected chi connectivity index (χ4v) is 5.00. The molecule has 1 aliphatic rings. The Kier molecular flexibility index (Phi) is 13.3. The van der Waals surface area contributed by atoms with E-state index in [1.807, 2.05) is 71.0 Å². The van der Waals surface area contributed by atoms with Gasteiger partial charge in [0.2, 0.25) is 0 Å². The van der Waals surface area contributed by atoms with Crippen LogP contribution in [-0.2, 0) is 17.9 Å². The van der Waals surface area contributed by atoms with Crippen LogP contribution in [0, 0.1) is 6.92 Å². The first kappa shape index (κ1) is 32.9. The summed E-state index contributed by atoms with van der Waals surface area (Å²) < 4.78 is 5.92. The third-order valence-electron chi connectivity index (χ3n) is 6.79. The lowest BCUT2D eigenvalue weighted by molar-refractivity contribution is -0.137. The standard InChI is InChI=1S/C28H33ClN4O3.2C2H6/c1-3-33(31)24-11-10-22(27(29)28(24)30)23(15-26(34)35)19-9-8-18(2)21(14-19)17-32-12-13-36-25-7-5-4-6-20(25)16-32;2*1-2/h4-11,14,23H,3,12-13,15-17,30-31H2,1-2H3,(H,34,35);2*1-2H3. The average molecular weight is 569 g/mol. The number of hydrogen-bond donors (Lipinski definition) is 3. The molecule has 0 aliphatic carbocycles. The van der Waals surface area contributed by atoms with Crippen molar-refractivity contribution in [3.8, 4) is 5.75 Å². The van der Waals surface area contributed by atoms with E-state index in [1.54, 1.807) is 6.07 Å². The predicted molar refractivity (Wildman–Crippen MR) is 167 cm³/mol. The van der Waals surface area contributed by atoms with E-state index in [1.165, 1.54) is 5.01 Å². The van der Waals surface area contributed by atoms with E-state index >= 15 is 0 Å². The van der Waals surface area contributed by atoms with E-state index in [2.05, 4.69) is 24.0 Å². The number of hydrogen-bond acceptors (Lipinski definition) is 6. The summed E-state index contributed by atoms with van der Waals surface area (Å²) in [5.41, 5.74) is 12.3. The predicted octanol–water partition coefficient (Wildman–Crippen LogP) is 6.98. The molecule has 1 aliphatic heterocycles. The minimum absolute atomic E-state index is 0.105. The molecule has 0 radical (unpaired) electrons. The summed E-state index contributed by atoms with van der Waals surface area (Å²) in [5.74, 6) is 5.61. The highest BCUT2D eigenvalue weighted by atomic mass is 35.5. The van der Waals surface area contributed by atoms with Gasteiger partial charge in [-0.3, -0.25) is 9.69 Å². The van der Waals surface area contributed by atoms with Crippen LogP contribution < -0.4 is 21.3 Å². The van der Waals surface area contributed by atoms with Gasteiger partial charge in [0.15, 0.2) is 0 Å². The molecule has 0 fully saturated rings. The van der Waals surface area contributed by atoms with Gasteiger partial charge in [0.1, 0.15) is 12.4 Å². The minimum Gasteiger partial charge on any atom is -0.492 e. The van der Waals surface area contributed by atoms with Gasteiger partial charge in [-0.25, -0.2) is 5.84 Å². The topological polar surface area (TPSA) is 105 Å². The van der Waals surface area contributed by atoms with Crippen LogP contribution >= 0.6 is 11.6 Å². The number of benzene rings is 3. The number of fused-ring (bicyclic) bond motifs is 1. The van der Waals surface area contributed by atoms with Gasteiger partial charge < -0.3 is 20.6 Å². The number of ether oxygens (including phenoxy) is 1. The molecular weight excluding hydrogens is 524 g/mol. The number of para-hydroxylation sites is 1. The molecule has 0 saturated heterocycles. The van der Waals surface area contributed by atoms with E-state index in [0.717, 1.165) is 47.6 Å². The Morgan fingerprint density at radius 2 is 1.82 bits per heavy atom. The lowest BCUT2D eigenvalue weighted by atomic mass is 9.86. The fourth-order valence-electron chi connectivity index (χ4n) is 4.71. The highest BCUT2D eigenvalue weighted by Gasteiger charge is 2.24. The Balaban J connectivity index is 0.00000134. The van der Waals surface area contributed by atoms with Gasteiger partial charge in [-0.2, -0.15) is 0 Å². The van der Waals surface area contributed by atoms with E-state index in [9.17, 15) is 9.90 Å². The molecule has 218 valence electrons. The maximum absolute atomic E-state index is 11.9. The maximum atomic E-state index is 11.9. The number of aliphatic carboxylic acids is 1. The summed E-state index contributed by atoms with van der Waals surface area (Å²) in [4.78, 5) is 14.2. The lowest BCUT2D eigenvalue weighted by Gasteiger charge is -2.25. The zero-order valence-corrected chi connectivity index (χ0v) is 25.5. The van der Waals surface area contributed by atoms with Crippen molar-refractivity contribution in [1.82, 2.24) is 4.90 Å². The number of aryl methyl sites for hydroxylation is 1. The largest absolute Gasteiger partial charge is 0.492 e. The smallest absolute Gasteiger partial charge is 0.304 e. The zero-order chi connectivity index (χ0) is 29.8. The molecule has 40 heavy (non-hydrogen) atoms. The number of carbonyl (C=O) groups is 1. The lowest BCUT2D eigenvalue weighted by Crippen LogP contribution is -2.31. The Labute approximate surface area is 244 Å².